The minimum atomic E-state index is -2.53. The fourth-order valence-corrected chi connectivity index (χ4v) is 2.12. The molecule has 0 aliphatic heterocycles. The van der Waals surface area contributed by atoms with Crippen molar-refractivity contribution in [1.82, 2.24) is 0 Å². The van der Waals surface area contributed by atoms with Crippen LogP contribution in [0.1, 0.15) is 29.2 Å². The summed E-state index contributed by atoms with van der Waals surface area (Å²) in [6.07, 6.45) is -3.01. The smallest absolute Gasteiger partial charge is 0.263 e. The van der Waals surface area contributed by atoms with Crippen molar-refractivity contribution in [2.75, 3.05) is 0 Å². The molecule has 2 rings (SSSR count). The van der Waals surface area contributed by atoms with Crippen molar-refractivity contribution in [3.05, 3.63) is 70.2 Å². The van der Waals surface area contributed by atoms with E-state index in [2.05, 4.69) is 0 Å². The molecule has 1 nitrogen and oxygen atoms in total. The molecule has 0 saturated carbocycles. The maximum absolute atomic E-state index is 12.6. The summed E-state index contributed by atoms with van der Waals surface area (Å²) in [4.78, 5) is 0. The van der Waals surface area contributed by atoms with Crippen LogP contribution < -0.4 is 0 Å². The zero-order chi connectivity index (χ0) is 13.8. The van der Waals surface area contributed by atoms with Crippen LogP contribution in [0.4, 0.5) is 8.78 Å². The Kier molecular flexibility index (Phi) is 4.51. The van der Waals surface area contributed by atoms with Gasteiger partial charge in [0.1, 0.15) is 0 Å². The van der Waals surface area contributed by atoms with Crippen molar-refractivity contribution < 1.29 is 13.9 Å². The fourth-order valence-electron chi connectivity index (χ4n) is 1.91. The molecule has 0 heterocycles. The highest BCUT2D eigenvalue weighted by Crippen LogP contribution is 2.25. The van der Waals surface area contributed by atoms with Crippen molar-refractivity contribution >= 4 is 11.6 Å². The summed E-state index contributed by atoms with van der Waals surface area (Å²) < 4.78 is 25.2. The van der Waals surface area contributed by atoms with Gasteiger partial charge in [-0.15, -0.1) is 0 Å². The molecule has 0 aromatic heterocycles. The van der Waals surface area contributed by atoms with Gasteiger partial charge < -0.3 is 5.11 Å². The van der Waals surface area contributed by atoms with Crippen LogP contribution in [0.25, 0.3) is 0 Å². The molecule has 0 bridgehead atoms. The van der Waals surface area contributed by atoms with Crippen molar-refractivity contribution in [1.29, 1.82) is 0 Å². The highest BCUT2D eigenvalue weighted by molar-refractivity contribution is 6.30. The number of halogens is 3. The number of benzene rings is 2. The molecule has 1 atom stereocenters. The molecule has 0 saturated heterocycles. The van der Waals surface area contributed by atoms with Crippen LogP contribution in [-0.4, -0.2) is 5.11 Å². The van der Waals surface area contributed by atoms with Gasteiger partial charge in [-0.1, -0.05) is 41.9 Å². The van der Waals surface area contributed by atoms with E-state index in [1.54, 1.807) is 24.3 Å². The number of aliphatic hydroxyl groups excluding tert-OH is 1. The van der Waals surface area contributed by atoms with Gasteiger partial charge in [0, 0.05) is 17.0 Å². The zero-order valence-corrected chi connectivity index (χ0v) is 10.8. The Hall–Kier alpha value is -1.45. The molecule has 0 aliphatic rings. The molecule has 100 valence electrons. The van der Waals surface area contributed by atoms with Crippen LogP contribution in [0.2, 0.25) is 5.02 Å². The van der Waals surface area contributed by atoms with Crippen LogP contribution in [0.5, 0.6) is 0 Å². The van der Waals surface area contributed by atoms with E-state index >= 15 is 0 Å². The Labute approximate surface area is 115 Å². The molecule has 4 heteroatoms. The molecule has 19 heavy (non-hydrogen) atoms. The minimum absolute atomic E-state index is 0.0809. The number of hydrogen-bond donors (Lipinski definition) is 1. The second-order valence-corrected chi connectivity index (χ2v) is 4.76. The Morgan fingerprint density at radius 1 is 1.00 bits per heavy atom. The first-order valence-corrected chi connectivity index (χ1v) is 6.24. The fraction of sp³-hybridized carbons (Fsp3) is 0.200. The van der Waals surface area contributed by atoms with E-state index in [-0.39, 0.29) is 5.56 Å². The molecule has 0 spiro atoms. The first-order valence-electron chi connectivity index (χ1n) is 5.87. The molecular weight excluding hydrogens is 270 g/mol. The van der Waals surface area contributed by atoms with Crippen LogP contribution >= 0.6 is 11.6 Å². The Balaban J connectivity index is 2.15. The lowest BCUT2D eigenvalue weighted by molar-refractivity contribution is 0.149. The largest absolute Gasteiger partial charge is 0.388 e. The third-order valence-electron chi connectivity index (χ3n) is 2.87. The number of alkyl halides is 2. The number of hydrogen-bond acceptors (Lipinski definition) is 1. The lowest BCUT2D eigenvalue weighted by Gasteiger charge is -2.12. The van der Waals surface area contributed by atoms with Gasteiger partial charge in [-0.05, 0) is 29.3 Å². The Bertz CT molecular complexity index is 557. The summed E-state index contributed by atoms with van der Waals surface area (Å²) in [5, 5.41) is 10.7. The van der Waals surface area contributed by atoms with Crippen molar-refractivity contribution in [3.8, 4) is 0 Å². The first-order chi connectivity index (χ1) is 9.06. The molecule has 0 fully saturated rings. The summed E-state index contributed by atoms with van der Waals surface area (Å²) >= 11 is 5.86. The van der Waals surface area contributed by atoms with Crippen molar-refractivity contribution in [2.24, 2.45) is 0 Å². The summed E-state index contributed by atoms with van der Waals surface area (Å²) in [5.41, 5.74) is 1.27. The van der Waals surface area contributed by atoms with E-state index in [4.69, 9.17) is 11.6 Å². The molecule has 2 aromatic carbocycles. The summed E-state index contributed by atoms with van der Waals surface area (Å²) in [5.74, 6) is 0. The van der Waals surface area contributed by atoms with E-state index in [1.807, 2.05) is 6.07 Å². The predicted octanol–water partition coefficient (Wildman–Crippen LogP) is 4.55. The van der Waals surface area contributed by atoms with Gasteiger partial charge >= 0.3 is 0 Å². The monoisotopic (exact) mass is 282 g/mol. The van der Waals surface area contributed by atoms with Gasteiger partial charge in [-0.3, -0.25) is 0 Å². The standard InChI is InChI=1S/C15H13ClF2O/c16-13-6-1-3-10(7-13)8-14(19)11-4-2-5-12(9-11)15(17)18/h1-7,9,14-15,19H,8H2. The van der Waals surface area contributed by atoms with Gasteiger partial charge in [0.25, 0.3) is 6.43 Å². The van der Waals surface area contributed by atoms with Gasteiger partial charge in [0.15, 0.2) is 0 Å². The zero-order valence-electron chi connectivity index (χ0n) is 10.1. The van der Waals surface area contributed by atoms with E-state index < -0.39 is 12.5 Å². The second-order valence-electron chi connectivity index (χ2n) is 4.32. The predicted molar refractivity (Wildman–Crippen MR) is 71.5 cm³/mol. The Morgan fingerprint density at radius 2 is 1.68 bits per heavy atom. The number of rotatable bonds is 4. The van der Waals surface area contributed by atoms with E-state index in [1.165, 1.54) is 18.2 Å². The molecule has 0 radical (unpaired) electrons. The third kappa shape index (κ3) is 3.75. The van der Waals surface area contributed by atoms with Gasteiger partial charge in [-0.2, -0.15) is 0 Å². The highest BCUT2D eigenvalue weighted by Gasteiger charge is 2.12. The first kappa shape index (κ1) is 14.0. The van der Waals surface area contributed by atoms with Gasteiger partial charge in [0.2, 0.25) is 0 Å². The van der Waals surface area contributed by atoms with Crippen LogP contribution in [0.15, 0.2) is 48.5 Å². The molecule has 2 aromatic rings. The quantitative estimate of drug-likeness (QED) is 0.872. The average molecular weight is 283 g/mol. The highest BCUT2D eigenvalue weighted by atomic mass is 35.5. The van der Waals surface area contributed by atoms with Crippen LogP contribution in [0, 0.1) is 0 Å². The lowest BCUT2D eigenvalue weighted by Crippen LogP contribution is -2.02. The normalized spacial score (nSPS) is 12.7. The SMILES string of the molecule is OC(Cc1cccc(Cl)c1)c1cccc(C(F)F)c1. The van der Waals surface area contributed by atoms with E-state index in [0.717, 1.165) is 5.56 Å². The molecule has 0 aliphatic carbocycles. The van der Waals surface area contributed by atoms with Crippen LogP contribution in [-0.2, 0) is 6.42 Å². The van der Waals surface area contributed by atoms with Crippen molar-refractivity contribution in [2.45, 2.75) is 19.0 Å². The van der Waals surface area contributed by atoms with Crippen molar-refractivity contribution in [3.63, 3.8) is 0 Å². The topological polar surface area (TPSA) is 20.2 Å². The Morgan fingerprint density at radius 3 is 2.37 bits per heavy atom. The second kappa shape index (κ2) is 6.13. The van der Waals surface area contributed by atoms with E-state index in [9.17, 15) is 13.9 Å². The molecular formula is C15H13ClF2O. The maximum Gasteiger partial charge on any atom is 0.263 e. The molecule has 1 N–H and O–H groups in total. The lowest BCUT2D eigenvalue weighted by atomic mass is 10.00. The van der Waals surface area contributed by atoms with Gasteiger partial charge in [-0.25, -0.2) is 8.78 Å². The van der Waals surface area contributed by atoms with Gasteiger partial charge in [0.05, 0.1) is 6.10 Å². The van der Waals surface area contributed by atoms with Crippen LogP contribution in [0.3, 0.4) is 0 Å². The summed E-state index contributed by atoms with van der Waals surface area (Å²) in [6, 6.07) is 13.0. The maximum atomic E-state index is 12.6. The third-order valence-corrected chi connectivity index (χ3v) is 3.10. The average Bonchev–Trinajstić information content (AvgIpc) is 2.39. The summed E-state index contributed by atoms with van der Waals surface area (Å²) in [7, 11) is 0. The summed E-state index contributed by atoms with van der Waals surface area (Å²) in [6.45, 7) is 0. The number of aliphatic hydroxyl groups is 1. The molecule has 1 unspecified atom stereocenters. The molecule has 0 amide bonds. The van der Waals surface area contributed by atoms with E-state index in [0.29, 0.717) is 17.0 Å². The minimum Gasteiger partial charge on any atom is -0.388 e.